The Hall–Kier alpha value is -3.88. The quantitative estimate of drug-likeness (QED) is 0.191. The van der Waals surface area contributed by atoms with Gasteiger partial charge < -0.3 is 24.1 Å². The molecule has 1 atom stereocenters. The number of Topliss-reactive ketones (excluding diaryl/α,β-unsaturated/α-hetero) is 1. The number of methoxy groups -OCH3 is 3. The molecule has 1 unspecified atom stereocenters. The van der Waals surface area contributed by atoms with Crippen molar-refractivity contribution in [3.8, 4) is 23.0 Å². The topological polar surface area (TPSA) is 94.5 Å². The highest BCUT2D eigenvalue weighted by Crippen LogP contribution is 2.48. The van der Waals surface area contributed by atoms with E-state index in [4.69, 9.17) is 42.1 Å². The second kappa shape index (κ2) is 11.5. The van der Waals surface area contributed by atoms with E-state index >= 15 is 0 Å². The second-order valence-electron chi connectivity index (χ2n) is 8.64. The number of nitrogens with zero attached hydrogens (tertiary/aromatic N) is 1. The van der Waals surface area contributed by atoms with Gasteiger partial charge in [0.1, 0.15) is 10.8 Å². The maximum Gasteiger partial charge on any atom is 0.300 e. The number of halogens is 2. The van der Waals surface area contributed by atoms with Gasteiger partial charge in [0.15, 0.2) is 23.0 Å². The third kappa shape index (κ3) is 4.97. The fourth-order valence-electron chi connectivity index (χ4n) is 4.61. The van der Waals surface area contributed by atoms with Gasteiger partial charge in [-0.1, -0.05) is 41.4 Å². The molecular weight excluding hydrogens is 545 g/mol. The monoisotopic (exact) mass is 571 g/mol. The summed E-state index contributed by atoms with van der Waals surface area (Å²) in [5.74, 6) is -1.16. The molecule has 39 heavy (non-hydrogen) atoms. The maximum atomic E-state index is 13.6. The van der Waals surface area contributed by atoms with Gasteiger partial charge in [-0.3, -0.25) is 14.5 Å². The van der Waals surface area contributed by atoms with Crippen molar-refractivity contribution >= 4 is 46.3 Å². The molecule has 4 rings (SSSR count). The fourth-order valence-corrected chi connectivity index (χ4v) is 5.30. The molecular formula is C29H27Cl2NO7. The number of ketones is 1. The molecule has 8 nitrogen and oxygen atoms in total. The molecule has 1 aliphatic rings. The van der Waals surface area contributed by atoms with Crippen LogP contribution in [0.3, 0.4) is 0 Å². The van der Waals surface area contributed by atoms with Gasteiger partial charge in [0.25, 0.3) is 11.7 Å². The summed E-state index contributed by atoms with van der Waals surface area (Å²) >= 11 is 12.8. The molecule has 1 N–H and O–H groups in total. The Morgan fingerprint density at radius 1 is 0.949 bits per heavy atom. The van der Waals surface area contributed by atoms with Crippen LogP contribution in [0.4, 0.5) is 5.69 Å². The van der Waals surface area contributed by atoms with Crippen molar-refractivity contribution in [2.24, 2.45) is 0 Å². The molecule has 3 aromatic carbocycles. The maximum absolute atomic E-state index is 13.6. The van der Waals surface area contributed by atoms with E-state index < -0.39 is 23.5 Å². The third-order valence-electron chi connectivity index (χ3n) is 6.32. The van der Waals surface area contributed by atoms with Crippen molar-refractivity contribution in [1.82, 2.24) is 0 Å². The molecule has 3 aromatic rings. The van der Waals surface area contributed by atoms with Gasteiger partial charge in [-0.05, 0) is 55.3 Å². The van der Waals surface area contributed by atoms with Crippen molar-refractivity contribution in [1.29, 1.82) is 0 Å². The van der Waals surface area contributed by atoms with Crippen molar-refractivity contribution in [2.75, 3.05) is 32.8 Å². The number of carbonyl (C=O) groups excluding carboxylic acids is 2. The van der Waals surface area contributed by atoms with E-state index in [0.717, 1.165) is 5.56 Å². The van der Waals surface area contributed by atoms with E-state index in [9.17, 15) is 14.7 Å². The first-order valence-electron chi connectivity index (χ1n) is 12.0. The lowest BCUT2D eigenvalue weighted by Gasteiger charge is -2.26. The minimum Gasteiger partial charge on any atom is -0.507 e. The first-order valence-corrected chi connectivity index (χ1v) is 12.7. The number of anilines is 1. The number of amides is 1. The van der Waals surface area contributed by atoms with Crippen molar-refractivity contribution in [2.45, 2.75) is 19.9 Å². The zero-order chi connectivity index (χ0) is 28.4. The van der Waals surface area contributed by atoms with Crippen LogP contribution in [0.25, 0.3) is 5.76 Å². The van der Waals surface area contributed by atoms with Crippen LogP contribution in [0.1, 0.15) is 29.7 Å². The first-order chi connectivity index (χ1) is 18.7. The van der Waals surface area contributed by atoms with E-state index in [1.54, 1.807) is 36.4 Å². The third-order valence-corrected chi connectivity index (χ3v) is 6.95. The molecule has 1 fully saturated rings. The number of carbonyl (C=O) groups is 2. The molecule has 204 valence electrons. The van der Waals surface area contributed by atoms with Gasteiger partial charge >= 0.3 is 0 Å². The number of rotatable bonds is 8. The highest BCUT2D eigenvalue weighted by Gasteiger charge is 2.47. The van der Waals surface area contributed by atoms with E-state index in [-0.39, 0.29) is 32.7 Å². The number of aliphatic hydroxyl groups excluding tert-OH is 1. The number of ether oxygens (including phenoxy) is 4. The summed E-state index contributed by atoms with van der Waals surface area (Å²) < 4.78 is 21.9. The molecule has 0 aliphatic carbocycles. The summed E-state index contributed by atoms with van der Waals surface area (Å²) in [6.45, 7) is 4.13. The van der Waals surface area contributed by atoms with Crippen LogP contribution in [0.15, 0.2) is 54.1 Å². The standard InChI is InChI=1S/C29H27Cl2NO7/c1-6-39-20-11-10-16(13-21(20)36-3)24-22(26(34)29(35)32(24)17-9-7-8-15(2)12-17)25(33)18-14-19(30)28(38-5)23(31)27(18)37-4/h7-14,24,33H,6H2,1-5H3/b25-22+. The molecule has 0 aromatic heterocycles. The average Bonchev–Trinajstić information content (AvgIpc) is 3.18. The second-order valence-corrected chi connectivity index (χ2v) is 9.42. The van der Waals surface area contributed by atoms with Gasteiger partial charge in [-0.15, -0.1) is 0 Å². The van der Waals surface area contributed by atoms with Gasteiger partial charge in [0, 0.05) is 5.69 Å². The van der Waals surface area contributed by atoms with Crippen LogP contribution < -0.4 is 23.8 Å². The van der Waals surface area contributed by atoms with E-state index in [1.807, 2.05) is 19.9 Å². The number of hydrogen-bond acceptors (Lipinski definition) is 7. The van der Waals surface area contributed by atoms with Gasteiger partial charge in [0.05, 0.1) is 50.1 Å². The van der Waals surface area contributed by atoms with Gasteiger partial charge in [0.2, 0.25) is 0 Å². The van der Waals surface area contributed by atoms with Crippen LogP contribution in [-0.4, -0.2) is 44.7 Å². The summed E-state index contributed by atoms with van der Waals surface area (Å²) in [4.78, 5) is 28.5. The Morgan fingerprint density at radius 2 is 1.67 bits per heavy atom. The molecule has 10 heteroatoms. The lowest BCUT2D eigenvalue weighted by Crippen LogP contribution is -2.29. The Labute approximate surface area is 236 Å². The molecule has 1 saturated heterocycles. The highest BCUT2D eigenvalue weighted by atomic mass is 35.5. The zero-order valence-corrected chi connectivity index (χ0v) is 23.5. The lowest BCUT2D eigenvalue weighted by atomic mass is 9.94. The molecule has 0 saturated carbocycles. The van der Waals surface area contributed by atoms with E-state index in [2.05, 4.69) is 0 Å². The summed E-state index contributed by atoms with van der Waals surface area (Å²) in [7, 11) is 4.23. The Morgan fingerprint density at radius 3 is 2.28 bits per heavy atom. The van der Waals surface area contributed by atoms with Crippen LogP contribution in [0.2, 0.25) is 10.0 Å². The fraction of sp³-hybridized carbons (Fsp3) is 0.241. The van der Waals surface area contributed by atoms with Crippen molar-refractivity contribution in [3.05, 3.63) is 80.8 Å². The van der Waals surface area contributed by atoms with E-state index in [1.165, 1.54) is 32.3 Å². The molecule has 0 bridgehead atoms. The highest BCUT2D eigenvalue weighted by molar-refractivity contribution is 6.52. The largest absolute Gasteiger partial charge is 0.507 e. The minimum absolute atomic E-state index is 0.00116. The molecule has 1 aliphatic heterocycles. The zero-order valence-electron chi connectivity index (χ0n) is 22.0. The first kappa shape index (κ1) is 28.1. The lowest BCUT2D eigenvalue weighted by molar-refractivity contribution is -0.132. The molecule has 0 spiro atoms. The Bertz CT molecular complexity index is 1480. The van der Waals surface area contributed by atoms with Crippen LogP contribution >= 0.6 is 23.2 Å². The average molecular weight is 572 g/mol. The number of hydrogen-bond donors (Lipinski definition) is 1. The number of aliphatic hydroxyl groups is 1. The number of benzene rings is 3. The van der Waals surface area contributed by atoms with Crippen LogP contribution in [0.5, 0.6) is 23.0 Å². The van der Waals surface area contributed by atoms with E-state index in [0.29, 0.717) is 29.4 Å². The SMILES string of the molecule is CCOc1ccc(C2/C(=C(\O)c3cc(Cl)c(OC)c(Cl)c3OC)C(=O)C(=O)N2c2cccc(C)c2)cc1OC. The van der Waals surface area contributed by atoms with Crippen molar-refractivity contribution < 1.29 is 33.6 Å². The Balaban J connectivity index is 2.03. The summed E-state index contributed by atoms with van der Waals surface area (Å²) in [5.41, 5.74) is 1.71. The smallest absolute Gasteiger partial charge is 0.300 e. The normalized spacial score (nSPS) is 16.4. The predicted molar refractivity (Wildman–Crippen MR) is 150 cm³/mol. The summed E-state index contributed by atoms with van der Waals surface area (Å²) in [6.07, 6.45) is 0. The molecule has 1 heterocycles. The van der Waals surface area contributed by atoms with Crippen molar-refractivity contribution in [3.63, 3.8) is 0 Å². The summed E-state index contributed by atoms with van der Waals surface area (Å²) in [5, 5.41) is 11.7. The van der Waals surface area contributed by atoms with Gasteiger partial charge in [-0.25, -0.2) is 0 Å². The number of aryl methyl sites for hydroxylation is 1. The summed E-state index contributed by atoms with van der Waals surface area (Å²) in [6, 6.07) is 12.6. The Kier molecular flexibility index (Phi) is 8.28. The minimum atomic E-state index is -1.03. The van der Waals surface area contributed by atoms with Gasteiger partial charge in [-0.2, -0.15) is 0 Å². The van der Waals surface area contributed by atoms with Crippen LogP contribution in [0, 0.1) is 6.92 Å². The molecule has 0 radical (unpaired) electrons. The molecule has 1 amide bonds. The van der Waals surface area contributed by atoms with Crippen LogP contribution in [-0.2, 0) is 9.59 Å². The predicted octanol–water partition coefficient (Wildman–Crippen LogP) is 6.35.